The first-order chi connectivity index (χ1) is 31.7. The Hall–Kier alpha value is -2.95. The monoisotopic (exact) mass is 886 g/mol. The quantitative estimate of drug-likeness (QED) is 0.0421. The molecule has 0 saturated heterocycles. The Bertz CT molecular complexity index is 1230. The third-order valence-electron chi connectivity index (χ3n) is 11.7. The van der Waals surface area contributed by atoms with Gasteiger partial charge >= 0.3 is 0 Å². The van der Waals surface area contributed by atoms with Gasteiger partial charge in [0.15, 0.2) is 0 Å². The van der Waals surface area contributed by atoms with Gasteiger partial charge in [-0.2, -0.15) is 0 Å². The van der Waals surface area contributed by atoms with Crippen LogP contribution in [0, 0.1) is 0 Å². The molecule has 1 amide bonds. The highest BCUT2D eigenvalue weighted by molar-refractivity contribution is 5.76. The summed E-state index contributed by atoms with van der Waals surface area (Å²) in [5.41, 5.74) is 0. The van der Waals surface area contributed by atoms with Crippen LogP contribution in [0.2, 0.25) is 0 Å². The summed E-state index contributed by atoms with van der Waals surface area (Å²) in [6.45, 7) is 4.17. The van der Waals surface area contributed by atoms with E-state index in [1.165, 1.54) is 148 Å². The molecule has 2 unspecified atom stereocenters. The Balaban J connectivity index is 3.56. The van der Waals surface area contributed by atoms with Gasteiger partial charge in [0.25, 0.3) is 0 Å². The lowest BCUT2D eigenvalue weighted by molar-refractivity contribution is -0.123. The first kappa shape index (κ1) is 61.1. The van der Waals surface area contributed by atoms with E-state index in [1.54, 1.807) is 6.08 Å². The first-order valence-corrected chi connectivity index (χ1v) is 27.1. The van der Waals surface area contributed by atoms with Crippen molar-refractivity contribution in [3.05, 3.63) is 109 Å². The molecule has 0 heterocycles. The molecule has 0 aromatic carbocycles. The molecule has 2 atom stereocenters. The minimum Gasteiger partial charge on any atom is -0.394 e. The van der Waals surface area contributed by atoms with Gasteiger partial charge in [-0.25, -0.2) is 0 Å². The third kappa shape index (κ3) is 50.1. The van der Waals surface area contributed by atoms with Crippen molar-refractivity contribution in [1.29, 1.82) is 0 Å². The van der Waals surface area contributed by atoms with Crippen molar-refractivity contribution >= 4 is 5.91 Å². The van der Waals surface area contributed by atoms with E-state index in [4.69, 9.17) is 0 Å². The Labute approximate surface area is 397 Å². The summed E-state index contributed by atoms with van der Waals surface area (Å²) in [4.78, 5) is 12.4. The minimum absolute atomic E-state index is 0.0808. The van der Waals surface area contributed by atoms with Crippen LogP contribution in [0.15, 0.2) is 109 Å². The van der Waals surface area contributed by atoms with Crippen LogP contribution in [-0.2, 0) is 4.79 Å². The average molecular weight is 886 g/mol. The highest BCUT2D eigenvalue weighted by Crippen LogP contribution is 2.15. The number of amides is 1. The maximum absolute atomic E-state index is 12.4. The number of hydrogen-bond donors (Lipinski definition) is 3. The molecule has 0 aliphatic carbocycles. The molecule has 3 N–H and O–H groups in total. The molecular formula is C60H103NO3. The van der Waals surface area contributed by atoms with Crippen LogP contribution in [0.3, 0.4) is 0 Å². The molecule has 4 nitrogen and oxygen atoms in total. The van der Waals surface area contributed by atoms with Gasteiger partial charge in [-0.15, -0.1) is 0 Å². The van der Waals surface area contributed by atoms with Gasteiger partial charge in [-0.1, -0.05) is 252 Å². The van der Waals surface area contributed by atoms with Gasteiger partial charge in [0.2, 0.25) is 5.91 Å². The van der Waals surface area contributed by atoms with Crippen LogP contribution >= 0.6 is 0 Å². The molecule has 0 fully saturated rings. The number of carbonyl (C=O) groups is 1. The molecule has 0 rings (SSSR count). The molecule has 0 aromatic rings. The summed E-state index contributed by atoms with van der Waals surface area (Å²) in [5, 5.41) is 23.1. The third-order valence-corrected chi connectivity index (χ3v) is 11.7. The molecule has 0 saturated carbocycles. The normalized spacial score (nSPS) is 13.8. The van der Waals surface area contributed by atoms with E-state index in [2.05, 4.69) is 116 Å². The average Bonchev–Trinajstić information content (AvgIpc) is 3.30. The molecule has 0 radical (unpaired) electrons. The Morgan fingerprint density at radius 1 is 0.391 bits per heavy atom. The summed E-state index contributed by atoms with van der Waals surface area (Å²) in [6, 6.07) is -0.651. The number of nitrogens with one attached hydrogen (secondary N) is 1. The summed E-state index contributed by atoms with van der Waals surface area (Å²) in [5.74, 6) is -0.0808. The minimum atomic E-state index is -0.875. The number of aliphatic hydroxyl groups is 2. The van der Waals surface area contributed by atoms with Crippen molar-refractivity contribution in [2.75, 3.05) is 6.61 Å². The number of unbranched alkanes of at least 4 members (excludes halogenated alkanes) is 25. The predicted molar refractivity (Wildman–Crippen MR) is 285 cm³/mol. The molecule has 0 bridgehead atoms. The number of allylic oxidation sites excluding steroid dienone is 17. The van der Waals surface area contributed by atoms with Gasteiger partial charge in [0, 0.05) is 6.42 Å². The van der Waals surface area contributed by atoms with Crippen molar-refractivity contribution in [3.63, 3.8) is 0 Å². The van der Waals surface area contributed by atoms with Crippen LogP contribution in [0.1, 0.15) is 245 Å². The molecular weight excluding hydrogens is 783 g/mol. The largest absolute Gasteiger partial charge is 0.394 e. The van der Waals surface area contributed by atoms with Gasteiger partial charge < -0.3 is 15.5 Å². The number of rotatable bonds is 48. The van der Waals surface area contributed by atoms with Gasteiger partial charge in [0.1, 0.15) is 0 Å². The second-order valence-corrected chi connectivity index (χ2v) is 17.9. The lowest BCUT2D eigenvalue weighted by Gasteiger charge is -2.19. The number of aliphatic hydroxyl groups excluding tert-OH is 2. The maximum atomic E-state index is 12.4. The smallest absolute Gasteiger partial charge is 0.220 e. The van der Waals surface area contributed by atoms with Gasteiger partial charge in [-0.3, -0.25) is 4.79 Å². The highest BCUT2D eigenvalue weighted by atomic mass is 16.3. The number of carbonyl (C=O) groups excluding carboxylic acids is 1. The van der Waals surface area contributed by atoms with E-state index in [0.29, 0.717) is 6.42 Å². The summed E-state index contributed by atoms with van der Waals surface area (Å²) in [6.07, 6.45) is 82.4. The molecule has 0 spiro atoms. The van der Waals surface area contributed by atoms with Crippen LogP contribution in [-0.4, -0.2) is 34.9 Å². The predicted octanol–water partition coefficient (Wildman–Crippen LogP) is 17.9. The zero-order valence-electron chi connectivity index (χ0n) is 42.0. The SMILES string of the molecule is CC/C=C\C/C=C\C/C=C\C/C=C\C/C=C\C/C=C\CCCCCCCCCCCCCCCCCCC(=O)NC(CO)C(O)/C=C/CC/C=C/CC/C=C/CCCCCCCCC. The first-order valence-electron chi connectivity index (χ1n) is 27.1. The summed E-state index contributed by atoms with van der Waals surface area (Å²) >= 11 is 0. The fourth-order valence-corrected chi connectivity index (χ4v) is 7.63. The molecule has 4 heteroatoms. The van der Waals surface area contributed by atoms with Crippen LogP contribution in [0.5, 0.6) is 0 Å². The molecule has 0 aliphatic heterocycles. The van der Waals surface area contributed by atoms with Crippen molar-refractivity contribution in [3.8, 4) is 0 Å². The van der Waals surface area contributed by atoms with E-state index in [0.717, 1.165) is 77.0 Å². The van der Waals surface area contributed by atoms with Crippen molar-refractivity contribution in [2.24, 2.45) is 0 Å². The van der Waals surface area contributed by atoms with Crippen molar-refractivity contribution in [2.45, 2.75) is 257 Å². The Morgan fingerprint density at radius 3 is 1.09 bits per heavy atom. The summed E-state index contributed by atoms with van der Waals surface area (Å²) < 4.78 is 0. The zero-order valence-corrected chi connectivity index (χ0v) is 42.0. The lowest BCUT2D eigenvalue weighted by atomic mass is 10.0. The fourth-order valence-electron chi connectivity index (χ4n) is 7.63. The topological polar surface area (TPSA) is 69.6 Å². The van der Waals surface area contributed by atoms with E-state index in [1.807, 2.05) is 6.08 Å². The van der Waals surface area contributed by atoms with Gasteiger partial charge in [-0.05, 0) is 96.3 Å². The van der Waals surface area contributed by atoms with Gasteiger partial charge in [0.05, 0.1) is 18.8 Å². The number of hydrogen-bond acceptors (Lipinski definition) is 3. The van der Waals surface area contributed by atoms with Crippen LogP contribution < -0.4 is 5.32 Å². The van der Waals surface area contributed by atoms with Crippen LogP contribution in [0.4, 0.5) is 0 Å². The van der Waals surface area contributed by atoms with Crippen molar-refractivity contribution in [1.82, 2.24) is 5.32 Å². The second kappa shape index (κ2) is 54.4. The standard InChI is InChI=1S/C60H103NO3/c1-3-5-7-9-11-13-15-17-19-21-22-23-24-25-26-27-28-29-30-31-32-33-34-35-36-37-38-40-42-44-46-48-50-52-54-56-60(64)61-58(57-62)59(63)55-53-51-49-47-45-43-41-39-20-18-16-14-12-10-8-6-4-2/h5,7,11,13,17,19-20,22-23,25-26,28-29,39,45,47,53,55,58-59,62-63H,3-4,6,8-10,12,14-16,18,21,24,27,30-38,40-44,46,48-52,54,56-57H2,1-2H3,(H,61,64)/b7-5-,13-11-,19-17-,23-22-,26-25-,29-28-,39-20+,47-45+,55-53+. The Kier molecular flexibility index (Phi) is 51.9. The highest BCUT2D eigenvalue weighted by Gasteiger charge is 2.17. The maximum Gasteiger partial charge on any atom is 0.220 e. The van der Waals surface area contributed by atoms with Crippen molar-refractivity contribution < 1.29 is 15.0 Å². The van der Waals surface area contributed by atoms with Crippen LogP contribution in [0.25, 0.3) is 0 Å². The molecule has 0 aliphatic rings. The lowest BCUT2D eigenvalue weighted by Crippen LogP contribution is -2.45. The van der Waals surface area contributed by atoms with E-state index < -0.39 is 12.1 Å². The molecule has 64 heavy (non-hydrogen) atoms. The molecule has 0 aromatic heterocycles. The fraction of sp³-hybridized carbons (Fsp3) is 0.683. The van der Waals surface area contributed by atoms with E-state index in [9.17, 15) is 15.0 Å². The van der Waals surface area contributed by atoms with E-state index >= 15 is 0 Å². The second-order valence-electron chi connectivity index (χ2n) is 17.9. The zero-order chi connectivity index (χ0) is 46.3. The Morgan fingerprint density at radius 2 is 0.703 bits per heavy atom. The molecule has 366 valence electrons. The summed E-state index contributed by atoms with van der Waals surface area (Å²) in [7, 11) is 0. The van der Waals surface area contributed by atoms with E-state index in [-0.39, 0.29) is 12.5 Å².